The van der Waals surface area contributed by atoms with Crippen LogP contribution in [0.1, 0.15) is 26.2 Å². The lowest BCUT2D eigenvalue weighted by Gasteiger charge is -2.43. The molecule has 0 bridgehead atoms. The minimum atomic E-state index is -0.391. The van der Waals surface area contributed by atoms with Crippen LogP contribution in [-0.2, 0) is 4.79 Å². The third kappa shape index (κ3) is 2.96. The Morgan fingerprint density at radius 2 is 1.93 bits per heavy atom. The van der Waals surface area contributed by atoms with Gasteiger partial charge in [0.2, 0.25) is 0 Å². The molecule has 3 atom stereocenters. The van der Waals surface area contributed by atoms with Gasteiger partial charge < -0.3 is 9.80 Å². The number of amides is 3. The van der Waals surface area contributed by atoms with E-state index in [9.17, 15) is 14.0 Å². The van der Waals surface area contributed by atoms with Crippen LogP contribution in [0.4, 0.5) is 14.9 Å². The van der Waals surface area contributed by atoms with Crippen molar-refractivity contribution in [2.75, 3.05) is 31.6 Å². The summed E-state index contributed by atoms with van der Waals surface area (Å²) in [6.45, 7) is 4.10. The van der Waals surface area contributed by atoms with E-state index < -0.39 is 6.04 Å². The summed E-state index contributed by atoms with van der Waals surface area (Å²) in [7, 11) is 1.75. The second-order valence-corrected chi connectivity index (χ2v) is 7.43. The van der Waals surface area contributed by atoms with E-state index in [0.717, 1.165) is 38.0 Å². The number of fused-ring (bicyclic) bond motifs is 3. The van der Waals surface area contributed by atoms with E-state index in [1.807, 2.05) is 6.92 Å². The fourth-order valence-corrected chi connectivity index (χ4v) is 4.34. The molecule has 0 saturated carbocycles. The minimum Gasteiger partial charge on any atom is -0.343 e. The Labute approximate surface area is 158 Å². The molecule has 3 heterocycles. The van der Waals surface area contributed by atoms with Gasteiger partial charge in [-0.3, -0.25) is 19.9 Å². The SMILES string of the molecule is CCCCN1C(=O)C2C(NC3N(c4ccc(F)cc4)CCCN23)N(C)C1=O. The van der Waals surface area contributed by atoms with E-state index in [1.54, 1.807) is 24.1 Å². The first-order valence-electron chi connectivity index (χ1n) is 9.65. The molecule has 3 amide bonds. The first kappa shape index (κ1) is 18.2. The van der Waals surface area contributed by atoms with E-state index in [-0.39, 0.29) is 30.2 Å². The predicted octanol–water partition coefficient (Wildman–Crippen LogP) is 1.61. The lowest BCUT2D eigenvalue weighted by atomic mass is 10.1. The second kappa shape index (κ2) is 7.09. The Hall–Kier alpha value is -2.19. The van der Waals surface area contributed by atoms with Gasteiger partial charge in [-0.25, -0.2) is 9.18 Å². The van der Waals surface area contributed by atoms with Crippen molar-refractivity contribution in [3.63, 3.8) is 0 Å². The second-order valence-electron chi connectivity index (χ2n) is 7.43. The van der Waals surface area contributed by atoms with E-state index in [4.69, 9.17) is 0 Å². The third-order valence-electron chi connectivity index (χ3n) is 5.76. The normalized spacial score (nSPS) is 28.6. The number of hydrogen-bond acceptors (Lipinski definition) is 5. The van der Waals surface area contributed by atoms with Gasteiger partial charge in [-0.1, -0.05) is 13.3 Å². The maximum atomic E-state index is 13.3. The maximum absolute atomic E-state index is 13.3. The number of unbranched alkanes of at least 4 members (excludes halogenated alkanes) is 1. The van der Waals surface area contributed by atoms with Crippen LogP contribution in [0.25, 0.3) is 0 Å². The van der Waals surface area contributed by atoms with Crippen molar-refractivity contribution in [1.82, 2.24) is 20.0 Å². The number of nitrogens with zero attached hydrogens (tertiary/aromatic N) is 4. The number of benzene rings is 1. The molecule has 3 fully saturated rings. The molecule has 3 unspecified atom stereocenters. The maximum Gasteiger partial charge on any atom is 0.327 e. The smallest absolute Gasteiger partial charge is 0.327 e. The van der Waals surface area contributed by atoms with Crippen LogP contribution in [0.3, 0.4) is 0 Å². The van der Waals surface area contributed by atoms with Gasteiger partial charge in [0, 0.05) is 32.4 Å². The summed E-state index contributed by atoms with van der Waals surface area (Å²) in [4.78, 5) is 33.2. The molecule has 4 rings (SSSR count). The van der Waals surface area contributed by atoms with Gasteiger partial charge >= 0.3 is 6.03 Å². The highest BCUT2D eigenvalue weighted by atomic mass is 19.1. The summed E-state index contributed by atoms with van der Waals surface area (Å²) in [5, 5.41) is 3.46. The van der Waals surface area contributed by atoms with Crippen LogP contribution >= 0.6 is 0 Å². The lowest BCUT2D eigenvalue weighted by molar-refractivity contribution is -0.138. The average Bonchev–Trinajstić information content (AvgIpc) is 3.07. The largest absolute Gasteiger partial charge is 0.343 e. The summed E-state index contributed by atoms with van der Waals surface area (Å²) >= 11 is 0. The van der Waals surface area contributed by atoms with Crippen molar-refractivity contribution < 1.29 is 14.0 Å². The summed E-state index contributed by atoms with van der Waals surface area (Å²) in [5.74, 6) is -0.389. The zero-order valence-corrected chi connectivity index (χ0v) is 15.8. The molecule has 3 saturated heterocycles. The molecule has 1 aromatic rings. The lowest BCUT2D eigenvalue weighted by Crippen LogP contribution is -2.66. The van der Waals surface area contributed by atoms with Gasteiger partial charge in [-0.15, -0.1) is 0 Å². The first-order chi connectivity index (χ1) is 13.0. The zero-order valence-electron chi connectivity index (χ0n) is 15.8. The molecule has 0 spiro atoms. The monoisotopic (exact) mass is 375 g/mol. The van der Waals surface area contributed by atoms with E-state index >= 15 is 0 Å². The molecule has 0 aromatic heterocycles. The highest BCUT2D eigenvalue weighted by Gasteiger charge is 2.55. The highest BCUT2D eigenvalue weighted by molar-refractivity contribution is 6.00. The van der Waals surface area contributed by atoms with Crippen molar-refractivity contribution in [1.29, 1.82) is 0 Å². The fraction of sp³-hybridized carbons (Fsp3) is 0.579. The molecular formula is C19H26FN5O2. The van der Waals surface area contributed by atoms with Crippen LogP contribution in [0, 0.1) is 5.82 Å². The van der Waals surface area contributed by atoms with Crippen LogP contribution in [0.15, 0.2) is 24.3 Å². The van der Waals surface area contributed by atoms with Gasteiger partial charge in [-0.05, 0) is 37.1 Å². The number of anilines is 1. The number of nitrogens with one attached hydrogen (secondary N) is 1. The van der Waals surface area contributed by atoms with Crippen LogP contribution < -0.4 is 10.2 Å². The Balaban J connectivity index is 1.62. The fourth-order valence-electron chi connectivity index (χ4n) is 4.34. The summed E-state index contributed by atoms with van der Waals surface area (Å²) in [6, 6.07) is 5.78. The molecule has 7 nitrogen and oxygen atoms in total. The number of carbonyl (C=O) groups is 2. The Morgan fingerprint density at radius 1 is 1.19 bits per heavy atom. The first-order valence-corrected chi connectivity index (χ1v) is 9.65. The topological polar surface area (TPSA) is 59.1 Å². The summed E-state index contributed by atoms with van der Waals surface area (Å²) in [5.41, 5.74) is 0.904. The molecule has 1 N–H and O–H groups in total. The number of carbonyl (C=O) groups excluding carboxylic acids is 2. The van der Waals surface area contributed by atoms with Gasteiger partial charge in [0.05, 0.1) is 0 Å². The summed E-state index contributed by atoms with van der Waals surface area (Å²) in [6.07, 6.45) is 2.09. The molecular weight excluding hydrogens is 349 g/mol. The molecule has 8 heteroatoms. The Morgan fingerprint density at radius 3 is 2.63 bits per heavy atom. The van der Waals surface area contributed by atoms with Crippen molar-refractivity contribution in [2.45, 2.75) is 44.7 Å². The molecule has 0 radical (unpaired) electrons. The Kier molecular flexibility index (Phi) is 4.77. The van der Waals surface area contributed by atoms with Gasteiger partial charge in [0.15, 0.2) is 0 Å². The number of halogens is 1. The molecule has 3 aliphatic rings. The Bertz CT molecular complexity index is 727. The van der Waals surface area contributed by atoms with Crippen molar-refractivity contribution in [3.05, 3.63) is 30.1 Å². The highest BCUT2D eigenvalue weighted by Crippen LogP contribution is 2.33. The molecule has 1 aromatic carbocycles. The zero-order chi connectivity index (χ0) is 19.1. The quantitative estimate of drug-likeness (QED) is 0.867. The van der Waals surface area contributed by atoms with Gasteiger partial charge in [-0.2, -0.15) is 0 Å². The molecule has 0 aliphatic carbocycles. The molecule has 3 aliphatic heterocycles. The number of urea groups is 1. The number of likely N-dealkylation sites (N-methyl/N-ethyl adjacent to an activating group) is 1. The molecule has 27 heavy (non-hydrogen) atoms. The van der Waals surface area contributed by atoms with Crippen LogP contribution in [0.2, 0.25) is 0 Å². The third-order valence-corrected chi connectivity index (χ3v) is 5.76. The van der Waals surface area contributed by atoms with Crippen LogP contribution in [0.5, 0.6) is 0 Å². The van der Waals surface area contributed by atoms with Crippen molar-refractivity contribution in [3.8, 4) is 0 Å². The van der Waals surface area contributed by atoms with Crippen molar-refractivity contribution in [2.24, 2.45) is 0 Å². The number of rotatable bonds is 4. The van der Waals surface area contributed by atoms with E-state index in [2.05, 4.69) is 15.1 Å². The van der Waals surface area contributed by atoms with Crippen molar-refractivity contribution >= 4 is 17.6 Å². The molecule has 146 valence electrons. The van der Waals surface area contributed by atoms with Gasteiger partial charge in [0.1, 0.15) is 24.3 Å². The summed E-state index contributed by atoms with van der Waals surface area (Å²) < 4.78 is 13.3. The number of hydrogen-bond donors (Lipinski definition) is 1. The predicted molar refractivity (Wildman–Crippen MR) is 99.3 cm³/mol. The minimum absolute atomic E-state index is 0.118. The van der Waals surface area contributed by atoms with E-state index in [1.165, 1.54) is 17.0 Å². The number of imide groups is 1. The van der Waals surface area contributed by atoms with E-state index in [0.29, 0.717) is 6.54 Å². The van der Waals surface area contributed by atoms with Gasteiger partial charge in [0.25, 0.3) is 5.91 Å². The van der Waals surface area contributed by atoms with Crippen LogP contribution in [-0.4, -0.2) is 71.8 Å². The standard InChI is InChI=1S/C19H26FN5O2/c1-3-4-10-25-17(26)15-16(22(2)19(25)27)21-18-23(11-5-12-24(15)18)14-8-6-13(20)7-9-14/h6-9,15-16,18,21H,3-5,10-12H2,1-2H3. The average molecular weight is 375 g/mol.